The Bertz CT molecular complexity index is 449. The van der Waals surface area contributed by atoms with Crippen molar-refractivity contribution in [3.8, 4) is 0 Å². The van der Waals surface area contributed by atoms with Gasteiger partial charge in [-0.3, -0.25) is 9.80 Å². The molecule has 118 valence electrons. The van der Waals surface area contributed by atoms with Crippen molar-refractivity contribution in [3.63, 3.8) is 0 Å². The third-order valence-corrected chi connectivity index (χ3v) is 4.96. The molecule has 0 spiro atoms. The van der Waals surface area contributed by atoms with E-state index in [9.17, 15) is 0 Å². The van der Waals surface area contributed by atoms with Gasteiger partial charge in [0.25, 0.3) is 0 Å². The zero-order chi connectivity index (χ0) is 14.7. The van der Waals surface area contributed by atoms with E-state index in [1.54, 1.807) is 0 Å². The molecule has 2 aliphatic rings. The normalized spacial score (nSPS) is 23.5. The molecule has 5 heteroatoms. The minimum Gasteiger partial charge on any atom is -0.380 e. The van der Waals surface area contributed by atoms with Crippen molar-refractivity contribution in [1.82, 2.24) is 19.4 Å². The average molecular weight is 292 g/mol. The maximum atomic E-state index is 5.54. The van der Waals surface area contributed by atoms with Gasteiger partial charge in [0.1, 0.15) is 5.82 Å². The Morgan fingerprint density at radius 3 is 2.86 bits per heavy atom. The molecule has 5 nitrogen and oxygen atoms in total. The average Bonchev–Trinajstić information content (AvgIpc) is 3.12. The third kappa shape index (κ3) is 3.30. The van der Waals surface area contributed by atoms with E-state index in [1.165, 1.54) is 17.9 Å². The quantitative estimate of drug-likeness (QED) is 0.821. The Labute approximate surface area is 127 Å². The van der Waals surface area contributed by atoms with Crippen LogP contribution in [-0.4, -0.2) is 64.8 Å². The van der Waals surface area contributed by atoms with Crippen LogP contribution >= 0.6 is 0 Å². The molecule has 0 N–H and O–H groups in total. The van der Waals surface area contributed by atoms with Crippen LogP contribution in [0.1, 0.15) is 31.8 Å². The summed E-state index contributed by atoms with van der Waals surface area (Å²) in [4.78, 5) is 9.73. The number of ether oxygens (including phenoxy) is 1. The van der Waals surface area contributed by atoms with Crippen LogP contribution in [0.15, 0.2) is 6.20 Å². The van der Waals surface area contributed by atoms with Crippen molar-refractivity contribution < 1.29 is 4.74 Å². The lowest BCUT2D eigenvalue weighted by atomic mass is 10.2. The van der Waals surface area contributed by atoms with Crippen LogP contribution in [0.5, 0.6) is 0 Å². The second-order valence-electron chi connectivity index (χ2n) is 6.08. The first-order chi connectivity index (χ1) is 10.3. The van der Waals surface area contributed by atoms with E-state index in [4.69, 9.17) is 4.74 Å². The van der Waals surface area contributed by atoms with Crippen molar-refractivity contribution in [1.29, 1.82) is 0 Å². The lowest BCUT2D eigenvalue weighted by molar-refractivity contribution is 0.145. The fraction of sp³-hybridized carbons (Fsp3) is 0.812. The molecule has 0 unspecified atom stereocenters. The Balaban J connectivity index is 1.67. The summed E-state index contributed by atoms with van der Waals surface area (Å²) in [6, 6.07) is 0.626. The van der Waals surface area contributed by atoms with Crippen LogP contribution in [0, 0.1) is 0 Å². The molecular formula is C16H28N4O. The molecule has 0 saturated carbocycles. The molecule has 0 radical (unpaired) electrons. The third-order valence-electron chi connectivity index (χ3n) is 4.96. The summed E-state index contributed by atoms with van der Waals surface area (Å²) in [7, 11) is 0. The van der Waals surface area contributed by atoms with Crippen molar-refractivity contribution in [2.45, 2.75) is 45.8 Å². The predicted octanol–water partition coefficient (Wildman–Crippen LogP) is 1.37. The van der Waals surface area contributed by atoms with Gasteiger partial charge in [0.05, 0.1) is 12.3 Å². The number of rotatable bonds is 5. The van der Waals surface area contributed by atoms with Crippen LogP contribution in [0.3, 0.4) is 0 Å². The van der Waals surface area contributed by atoms with E-state index in [0.717, 1.165) is 58.9 Å². The highest BCUT2D eigenvalue weighted by atomic mass is 16.5. The fourth-order valence-electron chi connectivity index (χ4n) is 3.49. The maximum absolute atomic E-state index is 5.54. The number of nitrogens with zero attached hydrogens (tertiary/aromatic N) is 4. The van der Waals surface area contributed by atoms with Crippen molar-refractivity contribution >= 4 is 0 Å². The molecule has 2 aliphatic heterocycles. The van der Waals surface area contributed by atoms with Gasteiger partial charge in [0.2, 0.25) is 0 Å². The predicted molar refractivity (Wildman–Crippen MR) is 83.4 cm³/mol. The van der Waals surface area contributed by atoms with Gasteiger partial charge < -0.3 is 9.30 Å². The fourth-order valence-corrected chi connectivity index (χ4v) is 3.49. The summed E-state index contributed by atoms with van der Waals surface area (Å²) >= 11 is 0. The minimum atomic E-state index is 0.626. The highest BCUT2D eigenvalue weighted by molar-refractivity contribution is 5.08. The Morgan fingerprint density at radius 1 is 1.29 bits per heavy atom. The van der Waals surface area contributed by atoms with Gasteiger partial charge in [-0.05, 0) is 19.5 Å². The van der Waals surface area contributed by atoms with E-state index < -0.39 is 0 Å². The molecule has 0 aliphatic carbocycles. The van der Waals surface area contributed by atoms with Crippen LogP contribution in [-0.2, 0) is 24.2 Å². The molecule has 1 fully saturated rings. The van der Waals surface area contributed by atoms with Gasteiger partial charge >= 0.3 is 0 Å². The monoisotopic (exact) mass is 292 g/mol. The number of fused-ring (bicyclic) bond motifs is 1. The first-order valence-electron chi connectivity index (χ1n) is 8.39. The van der Waals surface area contributed by atoms with Gasteiger partial charge in [-0.25, -0.2) is 4.98 Å². The zero-order valence-electron chi connectivity index (χ0n) is 13.4. The maximum Gasteiger partial charge on any atom is 0.110 e. The number of imidazole rings is 1. The SMILES string of the molecule is CCN(CC)Cc1cnc2n1CCN([C@H]1CCOC1)CC2. The summed E-state index contributed by atoms with van der Waals surface area (Å²) in [6.45, 7) is 12.8. The van der Waals surface area contributed by atoms with E-state index in [1.807, 2.05) is 0 Å². The van der Waals surface area contributed by atoms with Gasteiger partial charge in [0.15, 0.2) is 0 Å². The van der Waals surface area contributed by atoms with Gasteiger partial charge in [0, 0.05) is 51.4 Å². The summed E-state index contributed by atoms with van der Waals surface area (Å²) in [5.41, 5.74) is 1.37. The second kappa shape index (κ2) is 6.90. The molecule has 3 heterocycles. The zero-order valence-corrected chi connectivity index (χ0v) is 13.4. The Morgan fingerprint density at radius 2 is 2.14 bits per heavy atom. The van der Waals surface area contributed by atoms with Crippen molar-refractivity contribution in [3.05, 3.63) is 17.7 Å². The van der Waals surface area contributed by atoms with E-state index in [2.05, 4.69) is 39.4 Å². The lowest BCUT2D eigenvalue weighted by Gasteiger charge is -2.25. The molecule has 1 aromatic heterocycles. The summed E-state index contributed by atoms with van der Waals surface area (Å²) in [5.74, 6) is 1.26. The standard InChI is InChI=1S/C16H28N4O/c1-3-18(4-2)12-15-11-17-16-5-7-19(8-9-20(15)16)14-6-10-21-13-14/h11,14H,3-10,12-13H2,1-2H3/t14-/m0/s1. The lowest BCUT2D eigenvalue weighted by Crippen LogP contribution is -2.37. The first kappa shape index (κ1) is 15.0. The Kier molecular flexibility index (Phi) is 4.93. The molecule has 1 saturated heterocycles. The van der Waals surface area contributed by atoms with Crippen LogP contribution in [0.4, 0.5) is 0 Å². The largest absolute Gasteiger partial charge is 0.380 e. The molecule has 21 heavy (non-hydrogen) atoms. The van der Waals surface area contributed by atoms with Crippen molar-refractivity contribution in [2.75, 3.05) is 39.4 Å². The van der Waals surface area contributed by atoms with E-state index >= 15 is 0 Å². The van der Waals surface area contributed by atoms with Crippen LogP contribution in [0.2, 0.25) is 0 Å². The summed E-state index contributed by atoms with van der Waals surface area (Å²) in [6.07, 6.45) is 4.34. The van der Waals surface area contributed by atoms with Gasteiger partial charge in [-0.15, -0.1) is 0 Å². The topological polar surface area (TPSA) is 33.5 Å². The second-order valence-corrected chi connectivity index (χ2v) is 6.08. The first-order valence-corrected chi connectivity index (χ1v) is 8.39. The van der Waals surface area contributed by atoms with Crippen LogP contribution in [0.25, 0.3) is 0 Å². The highest BCUT2D eigenvalue weighted by Gasteiger charge is 2.26. The summed E-state index contributed by atoms with van der Waals surface area (Å²) in [5, 5.41) is 0. The van der Waals surface area contributed by atoms with Gasteiger partial charge in [-0.2, -0.15) is 0 Å². The van der Waals surface area contributed by atoms with Crippen LogP contribution < -0.4 is 0 Å². The molecule has 1 aromatic rings. The minimum absolute atomic E-state index is 0.626. The molecular weight excluding hydrogens is 264 g/mol. The molecule has 0 bridgehead atoms. The number of hydrogen-bond acceptors (Lipinski definition) is 4. The number of hydrogen-bond donors (Lipinski definition) is 0. The highest BCUT2D eigenvalue weighted by Crippen LogP contribution is 2.18. The number of aromatic nitrogens is 2. The van der Waals surface area contributed by atoms with E-state index in [0.29, 0.717) is 6.04 Å². The van der Waals surface area contributed by atoms with Gasteiger partial charge in [-0.1, -0.05) is 13.8 Å². The molecule has 0 aromatic carbocycles. The smallest absolute Gasteiger partial charge is 0.110 e. The Hall–Kier alpha value is -0.910. The summed E-state index contributed by atoms with van der Waals surface area (Å²) < 4.78 is 8.00. The van der Waals surface area contributed by atoms with Crippen molar-refractivity contribution in [2.24, 2.45) is 0 Å². The van der Waals surface area contributed by atoms with E-state index in [-0.39, 0.29) is 0 Å². The molecule has 1 atom stereocenters. The molecule has 3 rings (SSSR count). The molecule has 0 amide bonds.